The van der Waals surface area contributed by atoms with Crippen LogP contribution < -0.4 is 5.32 Å². The molecule has 2 N–H and O–H groups in total. The Hall–Kier alpha value is -2.60. The van der Waals surface area contributed by atoms with Gasteiger partial charge in [0.1, 0.15) is 12.4 Å². The molecule has 0 spiro atoms. The second kappa shape index (κ2) is 8.31. The zero-order valence-electron chi connectivity index (χ0n) is 12.5. The minimum absolute atomic E-state index is 0.0320. The van der Waals surface area contributed by atoms with Crippen molar-refractivity contribution >= 4 is 23.7 Å². The normalized spacial score (nSPS) is 11.6. The number of carboxylic acids is 1. The van der Waals surface area contributed by atoms with Crippen LogP contribution in [0.5, 0.6) is 0 Å². The maximum atomic E-state index is 13.1. The van der Waals surface area contributed by atoms with Crippen LogP contribution in [0.4, 0.5) is 9.18 Å². The highest BCUT2D eigenvalue weighted by Gasteiger charge is 2.21. The van der Waals surface area contributed by atoms with Gasteiger partial charge in [-0.25, -0.2) is 9.18 Å². The van der Waals surface area contributed by atoms with Gasteiger partial charge < -0.3 is 15.2 Å². The second-order valence-electron chi connectivity index (χ2n) is 5.02. The molecule has 7 heteroatoms. The first-order valence-electron chi connectivity index (χ1n) is 7.09. The first kappa shape index (κ1) is 17.7. The number of hydrogen-bond donors (Lipinski definition) is 2. The lowest BCUT2D eigenvalue weighted by Gasteiger charge is -2.18. The highest BCUT2D eigenvalue weighted by Crippen LogP contribution is 2.26. The number of ether oxygens (including phenoxy) is 1. The highest BCUT2D eigenvalue weighted by molar-refractivity contribution is 6.31. The quantitative estimate of drug-likeness (QED) is 0.827. The Kier molecular flexibility index (Phi) is 6.14. The van der Waals surface area contributed by atoms with Crippen LogP contribution in [0.2, 0.25) is 5.02 Å². The molecule has 0 saturated heterocycles. The number of benzene rings is 2. The number of nitrogens with one attached hydrogen (secondary N) is 1. The molecule has 0 unspecified atom stereocenters. The third kappa shape index (κ3) is 5.24. The van der Waals surface area contributed by atoms with Gasteiger partial charge in [-0.05, 0) is 23.3 Å². The van der Waals surface area contributed by atoms with Crippen molar-refractivity contribution in [1.82, 2.24) is 5.32 Å². The standard InChI is InChI=1S/C17H15ClFNO4/c18-14-8-12(19)6-7-13(14)15(9-16(21)22)20-17(23)24-10-11-4-2-1-3-5-11/h1-8,15H,9-10H2,(H,20,23)(H,21,22)/t15-/m0/s1. The van der Waals surface area contributed by atoms with E-state index in [1.54, 1.807) is 12.1 Å². The molecule has 0 heterocycles. The molecule has 0 bridgehead atoms. The summed E-state index contributed by atoms with van der Waals surface area (Å²) in [6.07, 6.45) is -1.20. The molecule has 5 nitrogen and oxygen atoms in total. The summed E-state index contributed by atoms with van der Waals surface area (Å²) in [5.41, 5.74) is 1.10. The van der Waals surface area contributed by atoms with Crippen molar-refractivity contribution in [2.45, 2.75) is 19.1 Å². The van der Waals surface area contributed by atoms with E-state index in [4.69, 9.17) is 21.4 Å². The molecule has 0 aliphatic carbocycles. The molecule has 0 aromatic heterocycles. The van der Waals surface area contributed by atoms with E-state index >= 15 is 0 Å². The SMILES string of the molecule is O=C(O)C[C@H](NC(=O)OCc1ccccc1)c1ccc(F)cc1Cl. The predicted octanol–water partition coefficient (Wildman–Crippen LogP) is 3.92. The molecule has 0 saturated carbocycles. The van der Waals surface area contributed by atoms with Crippen molar-refractivity contribution in [3.63, 3.8) is 0 Å². The van der Waals surface area contributed by atoms with E-state index in [1.165, 1.54) is 6.07 Å². The summed E-state index contributed by atoms with van der Waals surface area (Å²) in [4.78, 5) is 22.9. The lowest BCUT2D eigenvalue weighted by molar-refractivity contribution is -0.137. The monoisotopic (exact) mass is 351 g/mol. The smallest absolute Gasteiger partial charge is 0.407 e. The van der Waals surface area contributed by atoms with Crippen LogP contribution in [0, 0.1) is 5.82 Å². The van der Waals surface area contributed by atoms with Crippen LogP contribution in [0.1, 0.15) is 23.6 Å². The Morgan fingerprint density at radius 1 is 1.21 bits per heavy atom. The van der Waals surface area contributed by atoms with E-state index < -0.39 is 30.3 Å². The van der Waals surface area contributed by atoms with Crippen LogP contribution in [-0.4, -0.2) is 17.2 Å². The van der Waals surface area contributed by atoms with Gasteiger partial charge in [0.2, 0.25) is 0 Å². The van der Waals surface area contributed by atoms with Crippen LogP contribution in [0.15, 0.2) is 48.5 Å². The molecule has 0 radical (unpaired) electrons. The van der Waals surface area contributed by atoms with E-state index in [9.17, 15) is 14.0 Å². The molecule has 2 aromatic carbocycles. The molecule has 0 fully saturated rings. The van der Waals surface area contributed by atoms with E-state index in [2.05, 4.69) is 5.32 Å². The lowest BCUT2D eigenvalue weighted by atomic mass is 10.0. The number of halogens is 2. The zero-order chi connectivity index (χ0) is 17.5. The summed E-state index contributed by atoms with van der Waals surface area (Å²) in [7, 11) is 0. The topological polar surface area (TPSA) is 75.6 Å². The first-order valence-corrected chi connectivity index (χ1v) is 7.47. The minimum Gasteiger partial charge on any atom is -0.481 e. The Balaban J connectivity index is 2.05. The third-order valence-corrected chi connectivity index (χ3v) is 3.55. The van der Waals surface area contributed by atoms with Crippen molar-refractivity contribution in [3.8, 4) is 0 Å². The molecule has 2 rings (SSSR count). The summed E-state index contributed by atoms with van der Waals surface area (Å²) in [6, 6.07) is 11.6. The Bertz CT molecular complexity index is 724. The highest BCUT2D eigenvalue weighted by atomic mass is 35.5. The summed E-state index contributed by atoms with van der Waals surface area (Å²) < 4.78 is 18.2. The van der Waals surface area contributed by atoms with E-state index in [-0.39, 0.29) is 11.6 Å². The number of carboxylic acid groups (broad SMARTS) is 1. The van der Waals surface area contributed by atoms with Crippen molar-refractivity contribution in [3.05, 3.63) is 70.5 Å². The molecule has 2 aromatic rings. The molecule has 1 atom stereocenters. The van der Waals surface area contributed by atoms with Crippen molar-refractivity contribution in [1.29, 1.82) is 0 Å². The molecule has 24 heavy (non-hydrogen) atoms. The number of carbonyl (C=O) groups is 2. The van der Waals surface area contributed by atoms with Gasteiger partial charge in [-0.3, -0.25) is 4.79 Å². The van der Waals surface area contributed by atoms with Gasteiger partial charge in [0, 0.05) is 5.02 Å². The Morgan fingerprint density at radius 2 is 1.92 bits per heavy atom. The largest absolute Gasteiger partial charge is 0.481 e. The van der Waals surface area contributed by atoms with Crippen molar-refractivity contribution < 1.29 is 23.8 Å². The van der Waals surface area contributed by atoms with Crippen LogP contribution in [-0.2, 0) is 16.1 Å². The lowest BCUT2D eigenvalue weighted by Crippen LogP contribution is -2.30. The molecular formula is C17H15ClFNO4. The number of aliphatic carboxylic acids is 1. The summed E-state index contributed by atoms with van der Waals surface area (Å²) in [5.74, 6) is -1.69. The fraction of sp³-hybridized carbons (Fsp3) is 0.176. The summed E-state index contributed by atoms with van der Waals surface area (Å²) in [5, 5.41) is 11.5. The van der Waals surface area contributed by atoms with E-state index in [0.29, 0.717) is 5.56 Å². The average molecular weight is 352 g/mol. The fourth-order valence-corrected chi connectivity index (χ4v) is 2.40. The molecule has 1 amide bonds. The molecule has 126 valence electrons. The summed E-state index contributed by atoms with van der Waals surface area (Å²) >= 11 is 5.94. The van der Waals surface area contributed by atoms with Gasteiger partial charge in [0.05, 0.1) is 12.5 Å². The minimum atomic E-state index is -1.14. The van der Waals surface area contributed by atoms with E-state index in [1.807, 2.05) is 18.2 Å². The van der Waals surface area contributed by atoms with Crippen LogP contribution in [0.3, 0.4) is 0 Å². The Morgan fingerprint density at radius 3 is 2.54 bits per heavy atom. The zero-order valence-corrected chi connectivity index (χ0v) is 13.3. The van der Waals surface area contributed by atoms with Gasteiger partial charge in [0.15, 0.2) is 0 Å². The van der Waals surface area contributed by atoms with Gasteiger partial charge in [0.25, 0.3) is 0 Å². The number of alkyl carbamates (subject to hydrolysis) is 1. The van der Waals surface area contributed by atoms with Crippen molar-refractivity contribution in [2.75, 3.05) is 0 Å². The van der Waals surface area contributed by atoms with Gasteiger partial charge in [-0.2, -0.15) is 0 Å². The van der Waals surface area contributed by atoms with Crippen molar-refractivity contribution in [2.24, 2.45) is 0 Å². The number of rotatable bonds is 6. The van der Waals surface area contributed by atoms with Gasteiger partial charge in [-0.1, -0.05) is 48.0 Å². The van der Waals surface area contributed by atoms with Crippen LogP contribution in [0.25, 0.3) is 0 Å². The summed E-state index contributed by atoms with van der Waals surface area (Å²) in [6.45, 7) is 0.0453. The number of amides is 1. The Labute approximate surface area is 143 Å². The first-order chi connectivity index (χ1) is 11.5. The predicted molar refractivity (Wildman–Crippen MR) is 86.2 cm³/mol. The molecule has 0 aliphatic rings. The number of carbonyl (C=O) groups excluding carboxylic acids is 1. The average Bonchev–Trinajstić information content (AvgIpc) is 2.53. The maximum absolute atomic E-state index is 13.1. The maximum Gasteiger partial charge on any atom is 0.407 e. The van der Waals surface area contributed by atoms with E-state index in [0.717, 1.165) is 17.7 Å². The molecule has 0 aliphatic heterocycles. The fourth-order valence-electron chi connectivity index (χ4n) is 2.10. The number of hydrogen-bond acceptors (Lipinski definition) is 3. The second-order valence-corrected chi connectivity index (χ2v) is 5.43. The molecular weight excluding hydrogens is 337 g/mol. The van der Waals surface area contributed by atoms with Crippen LogP contribution >= 0.6 is 11.6 Å². The van der Waals surface area contributed by atoms with Gasteiger partial charge >= 0.3 is 12.1 Å². The third-order valence-electron chi connectivity index (χ3n) is 3.22. The van der Waals surface area contributed by atoms with Gasteiger partial charge in [-0.15, -0.1) is 0 Å².